The predicted octanol–water partition coefficient (Wildman–Crippen LogP) is 4.93. The van der Waals surface area contributed by atoms with Gasteiger partial charge in [-0.2, -0.15) is 23.4 Å². The molecular weight excluding hydrogens is 377 g/mol. The van der Waals surface area contributed by atoms with Crippen LogP contribution in [0.2, 0.25) is 0 Å². The lowest BCUT2D eigenvalue weighted by Crippen LogP contribution is -2.04. The minimum Gasteiger partial charge on any atom is -0.338 e. The van der Waals surface area contributed by atoms with Crippen molar-refractivity contribution in [3.63, 3.8) is 0 Å². The first kappa shape index (κ1) is 18.9. The van der Waals surface area contributed by atoms with Crippen LogP contribution in [-0.4, -0.2) is 15.1 Å². The Morgan fingerprint density at radius 1 is 1.19 bits per heavy atom. The lowest BCUT2D eigenvalue weighted by atomic mass is 10.1. The third kappa shape index (κ3) is 4.28. The first-order chi connectivity index (χ1) is 12.8. The van der Waals surface area contributed by atoms with Crippen molar-refractivity contribution in [3.8, 4) is 17.5 Å². The van der Waals surface area contributed by atoms with Gasteiger partial charge in [-0.1, -0.05) is 29.1 Å². The van der Waals surface area contributed by atoms with Crippen molar-refractivity contribution in [1.29, 1.82) is 5.26 Å². The molecule has 2 heterocycles. The number of hydrogen-bond donors (Lipinski definition) is 0. The molecule has 0 aliphatic heterocycles. The standard InChI is InChI=1S/C18H13F3N4OS/c1-10-6-11(2)23-17(14(10)8-22)27-9-15-24-16(25-26-15)12-4-3-5-13(7-12)18(19,20)21/h3-7H,9H2,1-2H3. The topological polar surface area (TPSA) is 75.6 Å². The summed E-state index contributed by atoms with van der Waals surface area (Å²) in [5.74, 6) is 0.555. The molecule has 0 atom stereocenters. The highest BCUT2D eigenvalue weighted by atomic mass is 32.2. The zero-order valence-electron chi connectivity index (χ0n) is 14.3. The number of alkyl halides is 3. The van der Waals surface area contributed by atoms with Crippen LogP contribution in [0.25, 0.3) is 11.4 Å². The third-order valence-electron chi connectivity index (χ3n) is 3.67. The number of hydrogen-bond acceptors (Lipinski definition) is 6. The molecule has 0 saturated carbocycles. The lowest BCUT2D eigenvalue weighted by molar-refractivity contribution is -0.137. The largest absolute Gasteiger partial charge is 0.416 e. The number of aromatic nitrogens is 3. The van der Waals surface area contributed by atoms with E-state index in [0.717, 1.165) is 23.4 Å². The molecule has 0 radical (unpaired) electrons. The van der Waals surface area contributed by atoms with Crippen molar-refractivity contribution >= 4 is 11.8 Å². The number of nitriles is 1. The molecule has 9 heteroatoms. The van der Waals surface area contributed by atoms with Crippen LogP contribution >= 0.6 is 11.8 Å². The van der Waals surface area contributed by atoms with Crippen LogP contribution in [0.3, 0.4) is 0 Å². The van der Waals surface area contributed by atoms with Crippen LogP contribution in [0.1, 0.15) is 28.3 Å². The van der Waals surface area contributed by atoms with Crippen LogP contribution < -0.4 is 0 Å². The van der Waals surface area contributed by atoms with E-state index in [1.807, 2.05) is 19.9 Å². The highest BCUT2D eigenvalue weighted by molar-refractivity contribution is 7.98. The average molecular weight is 390 g/mol. The van der Waals surface area contributed by atoms with Gasteiger partial charge in [-0.15, -0.1) is 0 Å². The zero-order valence-corrected chi connectivity index (χ0v) is 15.1. The van der Waals surface area contributed by atoms with Crippen LogP contribution in [0.15, 0.2) is 39.9 Å². The summed E-state index contributed by atoms with van der Waals surface area (Å²) in [5, 5.41) is 13.6. The summed E-state index contributed by atoms with van der Waals surface area (Å²) in [6.45, 7) is 3.66. The summed E-state index contributed by atoms with van der Waals surface area (Å²) in [4.78, 5) is 8.49. The van der Waals surface area contributed by atoms with Crippen LogP contribution in [0.4, 0.5) is 13.2 Å². The van der Waals surface area contributed by atoms with E-state index in [1.165, 1.54) is 23.9 Å². The fourth-order valence-electron chi connectivity index (χ4n) is 2.44. The molecule has 1 aromatic carbocycles. The second kappa shape index (κ2) is 7.40. The minimum absolute atomic E-state index is 0.0746. The first-order valence-corrected chi connectivity index (χ1v) is 8.78. The molecular formula is C18H13F3N4OS. The van der Waals surface area contributed by atoms with Crippen molar-refractivity contribution in [2.45, 2.75) is 30.8 Å². The Balaban J connectivity index is 1.79. The Labute approximate surface area is 157 Å². The van der Waals surface area contributed by atoms with E-state index in [0.29, 0.717) is 10.6 Å². The van der Waals surface area contributed by atoms with Gasteiger partial charge >= 0.3 is 6.18 Å². The van der Waals surface area contributed by atoms with E-state index in [2.05, 4.69) is 21.2 Å². The van der Waals surface area contributed by atoms with E-state index < -0.39 is 11.7 Å². The monoisotopic (exact) mass is 390 g/mol. The first-order valence-electron chi connectivity index (χ1n) is 7.79. The fourth-order valence-corrected chi connectivity index (χ4v) is 3.38. The van der Waals surface area contributed by atoms with Gasteiger partial charge in [0.05, 0.1) is 16.9 Å². The van der Waals surface area contributed by atoms with Crippen molar-refractivity contribution in [1.82, 2.24) is 15.1 Å². The fraction of sp³-hybridized carbons (Fsp3) is 0.222. The Morgan fingerprint density at radius 2 is 1.96 bits per heavy atom. The summed E-state index contributed by atoms with van der Waals surface area (Å²) < 4.78 is 43.6. The second-order valence-electron chi connectivity index (χ2n) is 5.75. The Morgan fingerprint density at radius 3 is 2.67 bits per heavy atom. The van der Waals surface area contributed by atoms with Gasteiger partial charge in [0.2, 0.25) is 11.7 Å². The van der Waals surface area contributed by atoms with Gasteiger partial charge in [-0.05, 0) is 37.6 Å². The highest BCUT2D eigenvalue weighted by Gasteiger charge is 2.30. The third-order valence-corrected chi connectivity index (χ3v) is 4.63. The molecule has 5 nitrogen and oxygen atoms in total. The number of halogens is 3. The van der Waals surface area contributed by atoms with Gasteiger partial charge in [0.1, 0.15) is 11.1 Å². The maximum atomic E-state index is 12.8. The van der Waals surface area contributed by atoms with Crippen molar-refractivity contribution < 1.29 is 17.7 Å². The molecule has 0 bridgehead atoms. The van der Waals surface area contributed by atoms with Crippen molar-refractivity contribution in [3.05, 3.63) is 58.6 Å². The van der Waals surface area contributed by atoms with Gasteiger partial charge in [-0.25, -0.2) is 4.98 Å². The molecule has 3 aromatic rings. The highest BCUT2D eigenvalue weighted by Crippen LogP contribution is 2.32. The van der Waals surface area contributed by atoms with E-state index in [4.69, 9.17) is 4.52 Å². The number of benzene rings is 1. The zero-order chi connectivity index (χ0) is 19.6. The van der Waals surface area contributed by atoms with E-state index >= 15 is 0 Å². The van der Waals surface area contributed by atoms with Crippen molar-refractivity contribution in [2.75, 3.05) is 0 Å². The predicted molar refractivity (Wildman–Crippen MR) is 92.7 cm³/mol. The molecule has 0 saturated heterocycles. The summed E-state index contributed by atoms with van der Waals surface area (Å²) in [7, 11) is 0. The molecule has 0 fully saturated rings. The molecule has 0 spiro atoms. The van der Waals surface area contributed by atoms with Gasteiger partial charge in [-0.3, -0.25) is 0 Å². The molecule has 2 aromatic heterocycles. The molecule has 0 aliphatic carbocycles. The lowest BCUT2D eigenvalue weighted by Gasteiger charge is -2.06. The molecule has 0 amide bonds. The normalized spacial score (nSPS) is 11.4. The van der Waals surface area contributed by atoms with E-state index in [9.17, 15) is 18.4 Å². The smallest absolute Gasteiger partial charge is 0.338 e. The summed E-state index contributed by atoms with van der Waals surface area (Å²) in [6, 6.07) is 8.67. The van der Waals surface area contributed by atoms with Gasteiger partial charge in [0.25, 0.3) is 0 Å². The Hall–Kier alpha value is -2.86. The van der Waals surface area contributed by atoms with E-state index in [1.54, 1.807) is 0 Å². The summed E-state index contributed by atoms with van der Waals surface area (Å²) in [5.41, 5.74) is 1.51. The van der Waals surface area contributed by atoms with Gasteiger partial charge < -0.3 is 4.52 Å². The van der Waals surface area contributed by atoms with Crippen LogP contribution in [0, 0.1) is 25.2 Å². The quantitative estimate of drug-likeness (QED) is 0.588. The molecule has 0 unspecified atom stereocenters. The molecule has 0 N–H and O–H groups in total. The van der Waals surface area contributed by atoms with Gasteiger partial charge in [0.15, 0.2) is 0 Å². The number of thioether (sulfide) groups is 1. The maximum Gasteiger partial charge on any atom is 0.416 e. The SMILES string of the molecule is Cc1cc(C)c(C#N)c(SCc2nc(-c3cccc(C(F)(F)F)c3)no2)n1. The van der Waals surface area contributed by atoms with Gasteiger partial charge in [0, 0.05) is 11.3 Å². The second-order valence-corrected chi connectivity index (χ2v) is 6.72. The molecule has 0 aliphatic rings. The number of rotatable bonds is 4. The molecule has 138 valence electrons. The Kier molecular flexibility index (Phi) is 5.19. The minimum atomic E-state index is -4.44. The summed E-state index contributed by atoms with van der Waals surface area (Å²) >= 11 is 1.26. The van der Waals surface area contributed by atoms with Crippen LogP contribution in [0.5, 0.6) is 0 Å². The van der Waals surface area contributed by atoms with Crippen LogP contribution in [-0.2, 0) is 11.9 Å². The summed E-state index contributed by atoms with van der Waals surface area (Å²) in [6.07, 6.45) is -4.44. The van der Waals surface area contributed by atoms with E-state index in [-0.39, 0.29) is 23.0 Å². The molecule has 3 rings (SSSR count). The number of nitrogens with zero attached hydrogens (tertiary/aromatic N) is 4. The number of pyridine rings is 1. The Bertz CT molecular complexity index is 1020. The maximum absolute atomic E-state index is 12.8. The average Bonchev–Trinajstić information content (AvgIpc) is 3.08. The van der Waals surface area contributed by atoms with Crippen molar-refractivity contribution in [2.24, 2.45) is 0 Å². The number of aryl methyl sites for hydroxylation is 2. The molecule has 27 heavy (non-hydrogen) atoms.